The Morgan fingerprint density at radius 2 is 1.46 bits per heavy atom. The molecule has 186 valence electrons. The molecule has 2 bridgehead atoms. The Hall–Kier alpha value is -4.30. The molecule has 5 nitrogen and oxygen atoms in total. The number of hydrogen-bond donors (Lipinski definition) is 1. The van der Waals surface area contributed by atoms with Crippen LogP contribution in [0.3, 0.4) is 0 Å². The van der Waals surface area contributed by atoms with E-state index >= 15 is 0 Å². The normalized spacial score (nSPS) is 14.9. The van der Waals surface area contributed by atoms with Crippen LogP contribution in [-0.2, 0) is 16.6 Å². The third kappa shape index (κ3) is 5.15. The number of fused-ring (bicyclic) bond motifs is 2. The molecule has 1 heterocycles. The van der Waals surface area contributed by atoms with E-state index in [1.165, 1.54) is 52.8 Å². The second-order valence-electron chi connectivity index (χ2n) is 8.60. The molecule has 8 heteroatoms. The predicted molar refractivity (Wildman–Crippen MR) is 137 cm³/mol. The van der Waals surface area contributed by atoms with Gasteiger partial charge in [-0.2, -0.15) is 0 Å². The maximum atomic E-state index is 13.7. The molecule has 0 saturated carbocycles. The molecule has 2 aliphatic rings. The summed E-state index contributed by atoms with van der Waals surface area (Å²) in [6.07, 6.45) is 9.23. The number of rotatable bonds is 6. The van der Waals surface area contributed by atoms with Crippen molar-refractivity contribution in [3.63, 3.8) is 0 Å². The van der Waals surface area contributed by atoms with Gasteiger partial charge in [-0.1, -0.05) is 42.5 Å². The average molecular weight is 517 g/mol. The minimum atomic E-state index is -3.99. The van der Waals surface area contributed by atoms with Crippen LogP contribution in [0.4, 0.5) is 8.78 Å². The molecule has 0 saturated heterocycles. The highest BCUT2D eigenvalue weighted by Crippen LogP contribution is 2.39. The molecule has 1 amide bonds. The number of carbonyl (C=O) groups excluding carboxylic acids is 1. The summed E-state index contributed by atoms with van der Waals surface area (Å²) < 4.78 is 55.1. The van der Waals surface area contributed by atoms with Crippen molar-refractivity contribution >= 4 is 21.5 Å². The first-order chi connectivity index (χ1) is 17.8. The standard InChI is InChI=1S/C29H22F2N2O3S/c30-24-11-5-20(6-12-24)18-32-29(34)22-9-15-27(16-10-22)37(35,36)33-19-28(21-7-13-25(31)14-8-21)23-3-1-2-4-26(33)17-23/h1-16,19H,17-18H2,(H,32,34). The van der Waals surface area contributed by atoms with Crippen LogP contribution < -0.4 is 5.32 Å². The molecular weight excluding hydrogens is 494 g/mol. The van der Waals surface area contributed by atoms with E-state index in [4.69, 9.17) is 0 Å². The van der Waals surface area contributed by atoms with Gasteiger partial charge in [0, 0.05) is 36.0 Å². The number of nitrogens with zero attached hydrogens (tertiary/aromatic N) is 1. The SMILES string of the molecule is O=C(NCc1ccc(F)cc1)c1ccc(S(=O)(=O)N2C=C(c3ccc(F)cc3)C3=CC=CC=C2C3)cc1. The lowest BCUT2D eigenvalue weighted by atomic mass is 9.93. The van der Waals surface area contributed by atoms with E-state index in [2.05, 4.69) is 5.32 Å². The first-order valence-corrected chi connectivity index (χ1v) is 13.0. The lowest BCUT2D eigenvalue weighted by Crippen LogP contribution is -2.29. The van der Waals surface area contributed by atoms with Gasteiger partial charge in [0.1, 0.15) is 11.6 Å². The van der Waals surface area contributed by atoms with Crippen molar-refractivity contribution in [2.75, 3.05) is 0 Å². The van der Waals surface area contributed by atoms with Gasteiger partial charge < -0.3 is 5.32 Å². The topological polar surface area (TPSA) is 66.5 Å². The van der Waals surface area contributed by atoms with Gasteiger partial charge in [0.2, 0.25) is 0 Å². The minimum Gasteiger partial charge on any atom is -0.348 e. The lowest BCUT2D eigenvalue weighted by Gasteiger charge is -2.30. The fraction of sp³-hybridized carbons (Fsp3) is 0.0690. The summed E-state index contributed by atoms with van der Waals surface area (Å²) in [5.41, 5.74) is 3.92. The minimum absolute atomic E-state index is 0.0267. The van der Waals surface area contributed by atoms with Gasteiger partial charge in [-0.3, -0.25) is 4.79 Å². The van der Waals surface area contributed by atoms with Crippen LogP contribution in [0.25, 0.3) is 5.57 Å². The zero-order valence-electron chi connectivity index (χ0n) is 19.6. The monoisotopic (exact) mass is 516 g/mol. The number of benzene rings is 3. The van der Waals surface area contributed by atoms with Gasteiger partial charge in [0.05, 0.1) is 4.90 Å². The summed E-state index contributed by atoms with van der Waals surface area (Å²) in [4.78, 5) is 12.6. The number of amides is 1. The Morgan fingerprint density at radius 3 is 2.14 bits per heavy atom. The molecule has 3 aromatic carbocycles. The number of halogens is 2. The summed E-state index contributed by atoms with van der Waals surface area (Å²) in [5.74, 6) is -1.11. The van der Waals surface area contributed by atoms with E-state index in [1.807, 2.05) is 12.2 Å². The van der Waals surface area contributed by atoms with Crippen molar-refractivity contribution < 1.29 is 22.0 Å². The van der Waals surface area contributed by atoms with Crippen molar-refractivity contribution in [3.8, 4) is 0 Å². The van der Waals surface area contributed by atoms with E-state index in [9.17, 15) is 22.0 Å². The van der Waals surface area contributed by atoms with E-state index in [1.54, 1.807) is 42.6 Å². The first kappa shape index (κ1) is 24.4. The summed E-state index contributed by atoms with van der Waals surface area (Å²) in [7, 11) is -3.99. The second kappa shape index (κ2) is 9.99. The number of nitrogens with one attached hydrogen (secondary N) is 1. The smallest absolute Gasteiger partial charge is 0.267 e. The van der Waals surface area contributed by atoms with Crippen LogP contribution in [0.15, 0.2) is 119 Å². The highest BCUT2D eigenvalue weighted by molar-refractivity contribution is 7.89. The zero-order chi connectivity index (χ0) is 26.0. The van der Waals surface area contributed by atoms with Gasteiger partial charge >= 0.3 is 0 Å². The highest BCUT2D eigenvalue weighted by Gasteiger charge is 2.31. The molecule has 0 aromatic heterocycles. The van der Waals surface area contributed by atoms with Gasteiger partial charge in [0.25, 0.3) is 15.9 Å². The Balaban J connectivity index is 1.40. The Bertz CT molecular complexity index is 1570. The van der Waals surface area contributed by atoms with E-state index in [0.717, 1.165) is 11.1 Å². The predicted octanol–water partition coefficient (Wildman–Crippen LogP) is 5.71. The van der Waals surface area contributed by atoms with Gasteiger partial charge in [-0.25, -0.2) is 21.5 Å². The second-order valence-corrected chi connectivity index (χ2v) is 10.4. The molecule has 37 heavy (non-hydrogen) atoms. The van der Waals surface area contributed by atoms with Crippen LogP contribution in [0, 0.1) is 11.6 Å². The van der Waals surface area contributed by atoms with E-state index in [-0.39, 0.29) is 29.0 Å². The lowest BCUT2D eigenvalue weighted by molar-refractivity contribution is 0.0951. The molecule has 3 aromatic rings. The molecular formula is C29H22F2N2O3S. The van der Waals surface area contributed by atoms with E-state index < -0.39 is 10.0 Å². The third-order valence-corrected chi connectivity index (χ3v) is 7.86. The molecule has 0 spiro atoms. The highest BCUT2D eigenvalue weighted by atomic mass is 32.2. The van der Waals surface area contributed by atoms with Crippen LogP contribution in [-0.4, -0.2) is 18.6 Å². The van der Waals surface area contributed by atoms with Crippen molar-refractivity contribution in [3.05, 3.63) is 143 Å². The number of sulfonamides is 1. The van der Waals surface area contributed by atoms with Crippen molar-refractivity contribution in [1.82, 2.24) is 9.62 Å². The average Bonchev–Trinajstić information content (AvgIpc) is 3.11. The van der Waals surface area contributed by atoms with Crippen LogP contribution in [0.1, 0.15) is 27.9 Å². The summed E-state index contributed by atoms with van der Waals surface area (Å²) >= 11 is 0. The molecule has 1 N–H and O–H groups in total. The summed E-state index contributed by atoms with van der Waals surface area (Å²) in [6, 6.07) is 17.4. The van der Waals surface area contributed by atoms with Gasteiger partial charge in [0.15, 0.2) is 0 Å². The molecule has 0 atom stereocenters. The zero-order valence-corrected chi connectivity index (χ0v) is 20.4. The fourth-order valence-electron chi connectivity index (χ4n) is 4.16. The molecule has 0 fully saturated rings. The molecule has 5 rings (SSSR count). The Morgan fingerprint density at radius 1 is 0.838 bits per heavy atom. The molecule has 1 aliphatic carbocycles. The van der Waals surface area contributed by atoms with Crippen molar-refractivity contribution in [2.24, 2.45) is 0 Å². The van der Waals surface area contributed by atoms with Gasteiger partial charge in [-0.05, 0) is 71.3 Å². The Labute approximate surface area is 213 Å². The number of carbonyl (C=O) groups is 1. The quantitative estimate of drug-likeness (QED) is 0.456. The van der Waals surface area contributed by atoms with Gasteiger partial charge in [-0.15, -0.1) is 0 Å². The van der Waals surface area contributed by atoms with Crippen molar-refractivity contribution in [1.29, 1.82) is 0 Å². The van der Waals surface area contributed by atoms with Crippen molar-refractivity contribution in [2.45, 2.75) is 17.9 Å². The number of allylic oxidation sites excluding steroid dienone is 6. The Kier molecular flexibility index (Phi) is 6.58. The van der Waals surface area contributed by atoms with Crippen LogP contribution >= 0.6 is 0 Å². The fourth-order valence-corrected chi connectivity index (χ4v) is 5.55. The largest absolute Gasteiger partial charge is 0.348 e. The molecule has 1 aliphatic heterocycles. The first-order valence-electron chi connectivity index (χ1n) is 11.5. The van der Waals surface area contributed by atoms with Crippen LogP contribution in [0.2, 0.25) is 0 Å². The maximum absolute atomic E-state index is 13.7. The van der Waals surface area contributed by atoms with Crippen LogP contribution in [0.5, 0.6) is 0 Å². The maximum Gasteiger partial charge on any atom is 0.267 e. The molecule has 0 unspecified atom stereocenters. The third-order valence-electron chi connectivity index (χ3n) is 6.14. The molecule has 0 radical (unpaired) electrons. The number of hydrogen-bond acceptors (Lipinski definition) is 3. The summed E-state index contributed by atoms with van der Waals surface area (Å²) in [6.45, 7) is 0.210. The summed E-state index contributed by atoms with van der Waals surface area (Å²) in [5, 5.41) is 2.74. The van der Waals surface area contributed by atoms with E-state index in [0.29, 0.717) is 28.8 Å².